The molecular formula is C61H38Cl2N4O17S22. The van der Waals surface area contributed by atoms with E-state index in [2.05, 4.69) is 14.4 Å². The van der Waals surface area contributed by atoms with Gasteiger partial charge in [-0.15, -0.1) is 4.33 Å². The molecule has 4 aliphatic carbocycles. The second kappa shape index (κ2) is 42.0. The van der Waals surface area contributed by atoms with E-state index in [1.807, 2.05) is 0 Å². The molecule has 1 atom stereocenters. The van der Waals surface area contributed by atoms with E-state index in [0.717, 1.165) is 0 Å². The van der Waals surface area contributed by atoms with Crippen LogP contribution < -0.4 is 39.3 Å². The molecule has 9 aromatic rings. The number of ketones is 8. The maximum absolute atomic E-state index is 12.9. The summed E-state index contributed by atoms with van der Waals surface area (Å²) in [5.41, 5.74) is 9.33. The van der Waals surface area contributed by atoms with Crippen LogP contribution in [-0.2, 0) is 212 Å². The van der Waals surface area contributed by atoms with Crippen molar-refractivity contribution in [2.75, 3.05) is 6.26 Å². The van der Waals surface area contributed by atoms with Gasteiger partial charge in [0.2, 0.25) is 34.0 Å². The molecule has 1 unspecified atom stereocenters. The van der Waals surface area contributed by atoms with E-state index in [4.69, 9.17) is 62.3 Å². The lowest BCUT2D eigenvalue weighted by atomic mass is 9.77. The van der Waals surface area contributed by atoms with Gasteiger partial charge in [-0.05, 0) is 0 Å². The summed E-state index contributed by atoms with van der Waals surface area (Å²) in [6, 6.07) is 37.6. The minimum Gasteiger partial charge on any atom is -0.412 e. The predicted molar refractivity (Wildman–Crippen MR) is 469 cm³/mol. The first-order valence-corrected chi connectivity index (χ1v) is 56.4. The van der Waals surface area contributed by atoms with Crippen LogP contribution in [0.25, 0.3) is 43.4 Å². The van der Waals surface area contributed by atoms with Crippen molar-refractivity contribution in [2.24, 2.45) is 11.5 Å². The Kier molecular flexibility index (Phi) is 34.7. The molecule has 0 amide bonds. The van der Waals surface area contributed by atoms with Crippen LogP contribution in [-0.4, -0.2) is 72.4 Å². The highest BCUT2D eigenvalue weighted by molar-refractivity contribution is 8.78. The average Bonchev–Trinajstić information content (AvgIpc) is 1.53. The fourth-order valence-electron chi connectivity index (χ4n) is 10.3. The number of fused-ring (bicyclic) bond motifs is 9. The number of allylic oxidation sites excluding steroid dienone is 8. The zero-order valence-electron chi connectivity index (χ0n) is 52.0. The van der Waals surface area contributed by atoms with Gasteiger partial charge in [0.25, 0.3) is 0 Å². The fourth-order valence-corrected chi connectivity index (χ4v) is 57.6. The van der Waals surface area contributed by atoms with Gasteiger partial charge in [0.05, 0.1) is 55.5 Å². The standard InChI is InChI=1S/C20H8Cl2O4.C20H12N2O4.C20H9NO4.CH4O4S.H3N.H2O.S21/c2*21-15-13(17(23)9-5-1-3-7-11(9)19(15)25)14-16(22)20(26)12-8-4-2-6-10(12)18(14)24;22-17-9-5-1-3-7-11(9)19(24)15-13(17)14-16(21-15)20(25)12-8-4-2-6-10(12)18(14)23;1-6(3)5-4-2;;;1-3-5-7-9-11-13-15-17-19-21-20-18-16-14-12-10-8-6-4-2/h1-8H;1-8H,21-22H2;1-8,21H;2H,1H3;1H3;1H2;. The van der Waals surface area contributed by atoms with E-state index in [1.54, 1.807) is 248 Å². The molecule has 8 aromatic carbocycles. The molecule has 45 heteroatoms. The zero-order valence-corrected chi connectivity index (χ0v) is 71.5. The first-order valence-electron chi connectivity index (χ1n) is 27.5. The SMILES string of the molecule is CS(=O)OOO.N.NC1=C(C2=C(N)C(=O)c3ccccc3C2=O)C(=O)c2ccccc2C1=O.O.O=C1C(Cl)=C(C2=C(Cl)C(=O)c3ccccc3C2=O)C(=O)c2ccccc21.O=c1c2ccccc2c(=O)c2c1[nH]c1c(=O)c3ccccc3c(=O)c12.S=S=S=S=S=S=S=S=S=S=S=S=S=S=S=S=S=S=S=S=S. The Morgan fingerprint density at radius 2 is 0.575 bits per heavy atom. The topological polar surface area (TPSA) is 395 Å². The highest BCUT2D eigenvalue weighted by Gasteiger charge is 2.42. The van der Waals surface area contributed by atoms with Gasteiger partial charge in [0.15, 0.2) is 45.1 Å². The fraction of sp³-hybridized carbons (Fsp3) is 0.0164. The van der Waals surface area contributed by atoms with Gasteiger partial charge in [-0.2, -0.15) is 0 Å². The van der Waals surface area contributed by atoms with Crippen LogP contribution in [0.5, 0.6) is 0 Å². The van der Waals surface area contributed by atoms with Crippen LogP contribution in [0.2, 0.25) is 0 Å². The Balaban J connectivity index is 0.000000192. The molecule has 11 N–H and O–H groups in total. The molecule has 1 heterocycles. The number of halogens is 2. The van der Waals surface area contributed by atoms with Crippen molar-refractivity contribution in [3.05, 3.63) is 275 Å². The number of Topliss-reactive ketones (excluding diaryl/α,β-unsaturated/α-hetero) is 8. The number of hydrogen-bond donors (Lipinski definition) is 5. The van der Waals surface area contributed by atoms with E-state index in [-0.39, 0.29) is 144 Å². The van der Waals surface area contributed by atoms with Gasteiger partial charge in [0, 0.05) is 263 Å². The Bertz CT molecular complexity index is 6190. The average molecular weight is 1880 g/mol. The number of benzene rings is 8. The summed E-state index contributed by atoms with van der Waals surface area (Å²) in [5.74, 6) is -4.75. The Hall–Kier alpha value is -5.65. The van der Waals surface area contributed by atoms with E-state index in [9.17, 15) is 61.7 Å². The van der Waals surface area contributed by atoms with Crippen LogP contribution in [0.4, 0.5) is 0 Å². The van der Waals surface area contributed by atoms with Crippen molar-refractivity contribution in [3.8, 4) is 0 Å². The van der Waals surface area contributed by atoms with E-state index in [0.29, 0.717) is 0 Å². The second-order valence-corrected chi connectivity index (χ2v) is 54.9. The largest absolute Gasteiger partial charge is 0.412 e. The minimum absolute atomic E-state index is 0. The third-order valence-electron chi connectivity index (χ3n) is 14.3. The molecule has 0 aliphatic heterocycles. The molecule has 1 aromatic heterocycles. The van der Waals surface area contributed by atoms with Crippen LogP contribution in [0.1, 0.15) is 82.9 Å². The number of hydrogen-bond acceptors (Lipinski definition) is 21. The third-order valence-corrected chi connectivity index (χ3v) is 55.3. The lowest BCUT2D eigenvalue weighted by Crippen LogP contribution is -2.34. The number of aromatic nitrogens is 1. The summed E-state index contributed by atoms with van der Waals surface area (Å²) in [7, 11) is 32.6. The van der Waals surface area contributed by atoms with Crippen LogP contribution >= 0.6 is 23.2 Å². The van der Waals surface area contributed by atoms with Gasteiger partial charge in [-0.3, -0.25) is 57.5 Å². The number of carbonyl (C=O) groups is 8. The number of nitrogens with one attached hydrogen (secondary N) is 1. The van der Waals surface area contributed by atoms with Gasteiger partial charge in [0.1, 0.15) is 10.1 Å². The highest BCUT2D eigenvalue weighted by atomic mass is 35.5. The molecule has 4 aliphatic rings. The summed E-state index contributed by atoms with van der Waals surface area (Å²) in [6.07, 6.45) is 1.22. The predicted octanol–water partition coefficient (Wildman–Crippen LogP) is 6.63. The summed E-state index contributed by atoms with van der Waals surface area (Å²) in [5, 5.41) is 10.6. The zero-order chi connectivity index (χ0) is 74.9. The Morgan fingerprint density at radius 3 is 0.811 bits per heavy atom. The Morgan fingerprint density at radius 1 is 0.358 bits per heavy atom. The van der Waals surface area contributed by atoms with Crippen LogP contribution in [0.3, 0.4) is 0 Å². The Labute approximate surface area is 672 Å². The molecule has 0 saturated carbocycles. The number of H-pyrrole nitrogens is 1. The van der Waals surface area contributed by atoms with Gasteiger partial charge in [-0.25, -0.2) is 9.47 Å². The number of rotatable bonds is 4. The van der Waals surface area contributed by atoms with Gasteiger partial charge < -0.3 is 28.1 Å². The number of aromatic amines is 1. The summed E-state index contributed by atoms with van der Waals surface area (Å²) >= 11 is 20.3. The second-order valence-electron chi connectivity index (χ2n) is 19.6. The lowest BCUT2D eigenvalue weighted by molar-refractivity contribution is -0.434. The summed E-state index contributed by atoms with van der Waals surface area (Å²) in [6.45, 7) is 0. The minimum atomic E-state index is -1.54. The van der Waals surface area contributed by atoms with Crippen molar-refractivity contribution >= 4 is 315 Å². The molecule has 0 radical (unpaired) electrons. The van der Waals surface area contributed by atoms with Gasteiger partial charge >= 0.3 is 0 Å². The van der Waals surface area contributed by atoms with Crippen molar-refractivity contribution in [1.82, 2.24) is 11.1 Å². The lowest BCUT2D eigenvalue weighted by Gasteiger charge is -2.24. The highest BCUT2D eigenvalue weighted by Crippen LogP contribution is 2.40. The third kappa shape index (κ3) is 19.7. The molecule has 106 heavy (non-hydrogen) atoms. The van der Waals surface area contributed by atoms with Crippen molar-refractivity contribution < 1.29 is 62.7 Å². The molecule has 0 fully saturated rings. The smallest absolute Gasteiger partial charge is 0.210 e. The molecule has 0 spiro atoms. The first kappa shape index (κ1) is 87.6. The van der Waals surface area contributed by atoms with Gasteiger partial charge in [-0.1, -0.05) is 174 Å². The van der Waals surface area contributed by atoms with E-state index < -0.39 is 78.3 Å². The van der Waals surface area contributed by atoms with Crippen molar-refractivity contribution in [2.45, 2.75) is 0 Å². The first-order chi connectivity index (χ1) is 50.1. The quantitative estimate of drug-likeness (QED) is 0.0911. The number of carbonyl (C=O) groups excluding carboxylic acids is 8. The maximum Gasteiger partial charge on any atom is 0.210 e. The molecule has 550 valence electrons. The van der Waals surface area contributed by atoms with E-state index >= 15 is 0 Å². The van der Waals surface area contributed by atoms with Crippen LogP contribution in [0.15, 0.2) is 209 Å². The molecule has 0 bridgehead atoms. The summed E-state index contributed by atoms with van der Waals surface area (Å²) in [4.78, 5) is 156. The summed E-state index contributed by atoms with van der Waals surface area (Å²) < 4.78 is 13.2. The van der Waals surface area contributed by atoms with Crippen molar-refractivity contribution in [1.29, 1.82) is 0 Å². The number of nitrogens with two attached hydrogens (primary N) is 2. The maximum atomic E-state index is 12.9. The normalized spacial score (nSPS) is 13.3. The van der Waals surface area contributed by atoms with E-state index in [1.165, 1.54) is 72.5 Å². The molecule has 21 nitrogen and oxygen atoms in total. The van der Waals surface area contributed by atoms with Crippen LogP contribution in [0, 0.1) is 0 Å². The molecule has 0 saturated heterocycles. The monoisotopic (exact) mass is 1870 g/mol. The molecular weight excluding hydrogens is 1840 g/mol. The molecule has 13 rings (SSSR count). The van der Waals surface area contributed by atoms with Crippen molar-refractivity contribution in [3.63, 3.8) is 0 Å².